The SMILES string of the molecule is CCOC(C)(N1CCOCC1)N1CCOCC1.O=C(O)OCC(N1CCOCC1)N1CCOCC1. The summed E-state index contributed by atoms with van der Waals surface area (Å²) in [6.45, 7) is 18.1. The van der Waals surface area contributed by atoms with E-state index in [0.29, 0.717) is 26.4 Å². The van der Waals surface area contributed by atoms with Gasteiger partial charge in [0.15, 0.2) is 5.85 Å². The van der Waals surface area contributed by atoms with Crippen molar-refractivity contribution >= 4 is 6.16 Å². The van der Waals surface area contributed by atoms with E-state index in [4.69, 9.17) is 33.5 Å². The Morgan fingerprint density at radius 2 is 1.14 bits per heavy atom. The molecule has 4 fully saturated rings. The van der Waals surface area contributed by atoms with Crippen LogP contribution in [0.15, 0.2) is 0 Å². The van der Waals surface area contributed by atoms with Crippen molar-refractivity contribution in [3.05, 3.63) is 0 Å². The van der Waals surface area contributed by atoms with Crippen LogP contribution in [-0.2, 0) is 28.4 Å². The van der Waals surface area contributed by atoms with Crippen LogP contribution in [0, 0.1) is 0 Å². The van der Waals surface area contributed by atoms with Gasteiger partial charge in [-0.05, 0) is 13.8 Å². The maximum Gasteiger partial charge on any atom is 0.505 e. The van der Waals surface area contributed by atoms with Gasteiger partial charge in [-0.25, -0.2) is 4.79 Å². The van der Waals surface area contributed by atoms with Gasteiger partial charge in [0.05, 0.1) is 59.0 Å². The molecule has 0 radical (unpaired) electrons. The van der Waals surface area contributed by atoms with E-state index < -0.39 is 6.16 Å². The van der Waals surface area contributed by atoms with Crippen LogP contribution in [0.25, 0.3) is 0 Å². The van der Waals surface area contributed by atoms with Crippen molar-refractivity contribution < 1.29 is 38.3 Å². The fourth-order valence-corrected chi connectivity index (χ4v) is 4.95. The number of hydrogen-bond donors (Lipinski definition) is 1. The highest BCUT2D eigenvalue weighted by Crippen LogP contribution is 2.24. The largest absolute Gasteiger partial charge is 0.505 e. The molecule has 12 heteroatoms. The average Bonchev–Trinajstić information content (AvgIpc) is 2.91. The zero-order valence-corrected chi connectivity index (χ0v) is 21.4. The van der Waals surface area contributed by atoms with E-state index in [-0.39, 0.29) is 18.6 Å². The molecule has 4 saturated heterocycles. The minimum atomic E-state index is -1.22. The summed E-state index contributed by atoms with van der Waals surface area (Å²) in [6.07, 6.45) is -1.23. The Labute approximate surface area is 208 Å². The third kappa shape index (κ3) is 8.76. The molecule has 0 aromatic heterocycles. The summed E-state index contributed by atoms with van der Waals surface area (Å²) in [7, 11) is 0. The van der Waals surface area contributed by atoms with Crippen LogP contribution >= 0.6 is 0 Å². The van der Waals surface area contributed by atoms with E-state index in [1.807, 2.05) is 0 Å². The topological polar surface area (TPSA) is 106 Å². The Bertz CT molecular complexity index is 556. The van der Waals surface area contributed by atoms with Crippen molar-refractivity contribution in [3.63, 3.8) is 0 Å². The monoisotopic (exact) mass is 504 g/mol. The third-order valence-electron chi connectivity index (χ3n) is 6.90. The van der Waals surface area contributed by atoms with Crippen molar-refractivity contribution in [3.8, 4) is 0 Å². The molecule has 0 saturated carbocycles. The lowest BCUT2D eigenvalue weighted by molar-refractivity contribution is -0.259. The average molecular weight is 505 g/mol. The molecular formula is C23H44N4O8. The molecule has 0 aromatic rings. The Morgan fingerprint density at radius 1 is 0.771 bits per heavy atom. The van der Waals surface area contributed by atoms with Gasteiger partial charge in [-0.1, -0.05) is 0 Å². The number of hydrogen-bond acceptors (Lipinski definition) is 11. The maximum absolute atomic E-state index is 10.6. The van der Waals surface area contributed by atoms with Crippen molar-refractivity contribution in [2.75, 3.05) is 118 Å². The van der Waals surface area contributed by atoms with Gasteiger partial charge in [0.2, 0.25) is 0 Å². The van der Waals surface area contributed by atoms with Crippen molar-refractivity contribution in [2.45, 2.75) is 25.9 Å². The van der Waals surface area contributed by atoms with Gasteiger partial charge in [0.25, 0.3) is 0 Å². The molecule has 1 N–H and O–H groups in total. The molecule has 0 spiro atoms. The van der Waals surface area contributed by atoms with Crippen molar-refractivity contribution in [1.29, 1.82) is 0 Å². The van der Waals surface area contributed by atoms with E-state index in [0.717, 1.165) is 85.4 Å². The predicted octanol–water partition coefficient (Wildman–Crippen LogP) is 0.0325. The van der Waals surface area contributed by atoms with Gasteiger partial charge >= 0.3 is 6.16 Å². The normalized spacial score (nSPS) is 24.1. The van der Waals surface area contributed by atoms with Crippen LogP contribution in [0.3, 0.4) is 0 Å². The molecule has 0 amide bonds. The first-order valence-corrected chi connectivity index (χ1v) is 12.8. The number of carboxylic acid groups (broad SMARTS) is 1. The summed E-state index contributed by atoms with van der Waals surface area (Å²) in [5.41, 5.74) is 0. The number of ether oxygens (including phenoxy) is 6. The van der Waals surface area contributed by atoms with Gasteiger partial charge in [-0.15, -0.1) is 0 Å². The summed E-state index contributed by atoms with van der Waals surface area (Å²) in [6, 6.07) is 0. The molecule has 0 aliphatic carbocycles. The first kappa shape index (κ1) is 28.5. The van der Waals surface area contributed by atoms with Gasteiger partial charge in [0.1, 0.15) is 6.61 Å². The molecule has 4 aliphatic heterocycles. The maximum atomic E-state index is 10.6. The van der Waals surface area contributed by atoms with Crippen LogP contribution in [0.5, 0.6) is 0 Å². The Balaban J connectivity index is 0.000000196. The summed E-state index contributed by atoms with van der Waals surface area (Å²) in [4.78, 5) is 19.8. The lowest BCUT2D eigenvalue weighted by Gasteiger charge is -2.50. The van der Waals surface area contributed by atoms with Crippen LogP contribution in [0.1, 0.15) is 13.8 Å². The molecule has 0 bridgehead atoms. The number of morpholine rings is 4. The van der Waals surface area contributed by atoms with E-state index >= 15 is 0 Å². The molecule has 4 aliphatic rings. The Kier molecular flexibility index (Phi) is 12.4. The van der Waals surface area contributed by atoms with Crippen LogP contribution in [0.4, 0.5) is 4.79 Å². The molecule has 204 valence electrons. The molecule has 0 atom stereocenters. The van der Waals surface area contributed by atoms with Gasteiger partial charge in [-0.2, -0.15) is 0 Å². The highest BCUT2D eigenvalue weighted by molar-refractivity contribution is 5.56. The van der Waals surface area contributed by atoms with E-state index in [2.05, 4.69) is 33.4 Å². The molecule has 4 rings (SSSR count). The second-order valence-corrected chi connectivity index (χ2v) is 8.92. The molecular weight excluding hydrogens is 460 g/mol. The Hall–Kier alpha value is -1.09. The first-order chi connectivity index (χ1) is 17.0. The smallest absolute Gasteiger partial charge is 0.450 e. The molecule has 4 heterocycles. The number of rotatable bonds is 8. The second kappa shape index (κ2) is 15.2. The van der Waals surface area contributed by atoms with Crippen molar-refractivity contribution in [1.82, 2.24) is 19.6 Å². The van der Waals surface area contributed by atoms with Crippen LogP contribution in [0.2, 0.25) is 0 Å². The number of carbonyl (C=O) groups is 1. The standard InChI is InChI=1S/C12H24N2O3.C11H20N2O5/c1-3-17-12(2,13-4-8-15-9-5-13)14-6-10-16-11-7-14;14-11(15)18-9-10(12-1-5-16-6-2-12)13-3-7-17-8-4-13/h3-11H2,1-2H3;10H,1-9H2,(H,14,15). The summed E-state index contributed by atoms with van der Waals surface area (Å²) in [5, 5.41) is 8.65. The van der Waals surface area contributed by atoms with E-state index in [9.17, 15) is 4.79 Å². The third-order valence-corrected chi connectivity index (χ3v) is 6.90. The van der Waals surface area contributed by atoms with E-state index in [1.54, 1.807) is 0 Å². The second-order valence-electron chi connectivity index (χ2n) is 8.92. The zero-order chi connectivity index (χ0) is 24.9. The molecule has 12 nitrogen and oxygen atoms in total. The summed E-state index contributed by atoms with van der Waals surface area (Å²) < 4.78 is 32.3. The predicted molar refractivity (Wildman–Crippen MR) is 127 cm³/mol. The lowest BCUT2D eigenvalue weighted by atomic mass is 10.2. The molecule has 0 aromatic carbocycles. The van der Waals surface area contributed by atoms with Gasteiger partial charge in [-0.3, -0.25) is 19.6 Å². The van der Waals surface area contributed by atoms with Gasteiger partial charge in [0, 0.05) is 59.0 Å². The highest BCUT2D eigenvalue weighted by Gasteiger charge is 2.40. The minimum Gasteiger partial charge on any atom is -0.450 e. The summed E-state index contributed by atoms with van der Waals surface area (Å²) >= 11 is 0. The first-order valence-electron chi connectivity index (χ1n) is 12.8. The quantitative estimate of drug-likeness (QED) is 0.451. The fourth-order valence-electron chi connectivity index (χ4n) is 4.95. The highest BCUT2D eigenvalue weighted by atomic mass is 16.7. The molecule has 0 unspecified atom stereocenters. The van der Waals surface area contributed by atoms with Crippen molar-refractivity contribution in [2.24, 2.45) is 0 Å². The number of nitrogens with zero attached hydrogens (tertiary/aromatic N) is 4. The van der Waals surface area contributed by atoms with Crippen LogP contribution in [-0.4, -0.2) is 161 Å². The van der Waals surface area contributed by atoms with Crippen LogP contribution < -0.4 is 0 Å². The Morgan fingerprint density at radius 3 is 1.49 bits per heavy atom. The minimum absolute atomic E-state index is 0.00565. The lowest BCUT2D eigenvalue weighted by Crippen LogP contribution is -2.65. The zero-order valence-electron chi connectivity index (χ0n) is 21.4. The molecule has 35 heavy (non-hydrogen) atoms. The van der Waals surface area contributed by atoms with E-state index in [1.165, 1.54) is 0 Å². The fraction of sp³-hybridized carbons (Fsp3) is 0.957. The van der Waals surface area contributed by atoms with Gasteiger partial charge < -0.3 is 33.5 Å². The summed E-state index contributed by atoms with van der Waals surface area (Å²) in [5.74, 6) is -0.303.